The Labute approximate surface area is 114 Å². The summed E-state index contributed by atoms with van der Waals surface area (Å²) in [6.45, 7) is 1.06. The van der Waals surface area contributed by atoms with Crippen molar-refractivity contribution in [1.29, 1.82) is 0 Å². The van der Waals surface area contributed by atoms with Crippen molar-refractivity contribution in [2.75, 3.05) is 24.7 Å². The summed E-state index contributed by atoms with van der Waals surface area (Å²) in [5.41, 5.74) is 1.27. The van der Waals surface area contributed by atoms with Crippen molar-refractivity contribution >= 4 is 23.2 Å². The summed E-state index contributed by atoms with van der Waals surface area (Å²) in [7, 11) is 2.14. The van der Waals surface area contributed by atoms with Gasteiger partial charge in [-0.15, -0.1) is 11.8 Å². The molecule has 0 bridgehead atoms. The first-order valence-electron chi connectivity index (χ1n) is 6.56. The maximum atomic E-state index is 11.2. The summed E-state index contributed by atoms with van der Waals surface area (Å²) >= 11 is 1.77. The van der Waals surface area contributed by atoms with Crippen LogP contribution in [-0.4, -0.2) is 25.6 Å². The second-order valence-electron chi connectivity index (χ2n) is 5.06. The summed E-state index contributed by atoms with van der Waals surface area (Å²) in [4.78, 5) is 14.8. The quantitative estimate of drug-likeness (QED) is 0.774. The SMILES string of the molecule is CSc1ccc(N(C)CC2CCC(=O)CC2)cc1. The lowest BCUT2D eigenvalue weighted by Crippen LogP contribution is -2.28. The monoisotopic (exact) mass is 263 g/mol. The summed E-state index contributed by atoms with van der Waals surface area (Å²) in [6, 6.07) is 8.70. The van der Waals surface area contributed by atoms with Crippen LogP contribution in [0.1, 0.15) is 25.7 Å². The molecule has 0 atom stereocenters. The molecule has 18 heavy (non-hydrogen) atoms. The van der Waals surface area contributed by atoms with Gasteiger partial charge in [0.25, 0.3) is 0 Å². The van der Waals surface area contributed by atoms with E-state index in [4.69, 9.17) is 0 Å². The highest BCUT2D eigenvalue weighted by Gasteiger charge is 2.19. The fraction of sp³-hybridized carbons (Fsp3) is 0.533. The van der Waals surface area contributed by atoms with E-state index in [-0.39, 0.29) is 0 Å². The summed E-state index contributed by atoms with van der Waals surface area (Å²) < 4.78 is 0. The van der Waals surface area contributed by atoms with Gasteiger partial charge < -0.3 is 4.90 Å². The highest BCUT2D eigenvalue weighted by molar-refractivity contribution is 7.98. The van der Waals surface area contributed by atoms with Crippen molar-refractivity contribution in [1.82, 2.24) is 0 Å². The Morgan fingerprint density at radius 3 is 2.39 bits per heavy atom. The molecule has 1 aromatic carbocycles. The van der Waals surface area contributed by atoms with Crippen LogP contribution in [0.4, 0.5) is 5.69 Å². The van der Waals surface area contributed by atoms with Gasteiger partial charge in [0, 0.05) is 37.0 Å². The fourth-order valence-corrected chi connectivity index (χ4v) is 2.92. The van der Waals surface area contributed by atoms with Gasteiger partial charge in [0.05, 0.1) is 0 Å². The lowest BCUT2D eigenvalue weighted by atomic mass is 9.88. The number of nitrogens with zero attached hydrogens (tertiary/aromatic N) is 1. The fourth-order valence-electron chi connectivity index (χ4n) is 2.51. The standard InChI is InChI=1S/C15H21NOS/c1-16(11-12-3-7-14(17)8-4-12)13-5-9-15(18-2)10-6-13/h5-6,9-10,12H,3-4,7-8,11H2,1-2H3. The van der Waals surface area contributed by atoms with Crippen LogP contribution >= 0.6 is 11.8 Å². The van der Waals surface area contributed by atoms with Gasteiger partial charge in [-0.1, -0.05) is 0 Å². The first-order valence-corrected chi connectivity index (χ1v) is 7.78. The van der Waals surface area contributed by atoms with Crippen LogP contribution in [-0.2, 0) is 4.79 Å². The maximum absolute atomic E-state index is 11.2. The van der Waals surface area contributed by atoms with E-state index in [1.807, 2.05) is 0 Å². The number of anilines is 1. The normalized spacial score (nSPS) is 16.9. The first kappa shape index (κ1) is 13.5. The number of Topliss-reactive ketones (excluding diaryl/α,β-unsaturated/α-hetero) is 1. The molecule has 0 aromatic heterocycles. The average Bonchev–Trinajstić information content (AvgIpc) is 2.41. The molecule has 1 aliphatic rings. The van der Waals surface area contributed by atoms with Crippen LogP contribution in [0.3, 0.4) is 0 Å². The molecule has 0 aliphatic heterocycles. The molecule has 1 saturated carbocycles. The third-order valence-corrected chi connectivity index (χ3v) is 4.45. The zero-order valence-electron chi connectivity index (χ0n) is 11.2. The molecule has 0 spiro atoms. The molecule has 1 aliphatic carbocycles. The van der Waals surface area contributed by atoms with Crippen molar-refractivity contribution < 1.29 is 4.79 Å². The van der Waals surface area contributed by atoms with E-state index in [0.717, 1.165) is 32.2 Å². The van der Waals surface area contributed by atoms with Crippen molar-refractivity contribution in [2.45, 2.75) is 30.6 Å². The van der Waals surface area contributed by atoms with Crippen LogP contribution in [0.5, 0.6) is 0 Å². The smallest absolute Gasteiger partial charge is 0.132 e. The number of hydrogen-bond acceptors (Lipinski definition) is 3. The van der Waals surface area contributed by atoms with Crippen LogP contribution in [0.25, 0.3) is 0 Å². The lowest BCUT2D eigenvalue weighted by molar-refractivity contribution is -0.120. The number of thioether (sulfide) groups is 1. The third kappa shape index (κ3) is 3.52. The molecule has 0 amide bonds. The van der Waals surface area contributed by atoms with E-state index in [0.29, 0.717) is 11.7 Å². The number of carbonyl (C=O) groups excluding carboxylic acids is 1. The van der Waals surface area contributed by atoms with Crippen molar-refractivity contribution in [3.63, 3.8) is 0 Å². The predicted octanol–water partition coefficient (Wildman–Crippen LogP) is 3.60. The Balaban J connectivity index is 1.90. The molecule has 1 fully saturated rings. The van der Waals surface area contributed by atoms with E-state index in [2.05, 4.69) is 42.5 Å². The highest BCUT2D eigenvalue weighted by atomic mass is 32.2. The van der Waals surface area contributed by atoms with Crippen molar-refractivity contribution in [3.8, 4) is 0 Å². The maximum Gasteiger partial charge on any atom is 0.132 e. The second-order valence-corrected chi connectivity index (χ2v) is 5.94. The van der Waals surface area contributed by atoms with Crippen LogP contribution < -0.4 is 4.90 Å². The highest BCUT2D eigenvalue weighted by Crippen LogP contribution is 2.25. The minimum Gasteiger partial charge on any atom is -0.374 e. The zero-order valence-corrected chi connectivity index (χ0v) is 12.0. The first-order chi connectivity index (χ1) is 8.69. The van der Waals surface area contributed by atoms with Gasteiger partial charge >= 0.3 is 0 Å². The van der Waals surface area contributed by atoms with Crippen LogP contribution in [0, 0.1) is 5.92 Å². The number of rotatable bonds is 4. The average molecular weight is 263 g/mol. The van der Waals surface area contributed by atoms with Gasteiger partial charge in [0.15, 0.2) is 0 Å². The van der Waals surface area contributed by atoms with Crippen molar-refractivity contribution in [3.05, 3.63) is 24.3 Å². The molecular formula is C15H21NOS. The number of carbonyl (C=O) groups is 1. The summed E-state index contributed by atoms with van der Waals surface area (Å²) in [6.07, 6.45) is 5.78. The lowest BCUT2D eigenvalue weighted by Gasteiger charge is -2.28. The van der Waals surface area contributed by atoms with Gasteiger partial charge in [-0.2, -0.15) is 0 Å². The molecule has 0 N–H and O–H groups in total. The van der Waals surface area contributed by atoms with Gasteiger partial charge in [-0.25, -0.2) is 0 Å². The van der Waals surface area contributed by atoms with E-state index >= 15 is 0 Å². The molecule has 3 heteroatoms. The molecule has 0 saturated heterocycles. The van der Waals surface area contributed by atoms with E-state index in [1.165, 1.54) is 10.6 Å². The Kier molecular flexibility index (Phi) is 4.70. The minimum atomic E-state index is 0.443. The Morgan fingerprint density at radius 2 is 1.83 bits per heavy atom. The Morgan fingerprint density at radius 1 is 1.22 bits per heavy atom. The van der Waals surface area contributed by atoms with E-state index < -0.39 is 0 Å². The molecule has 0 heterocycles. The molecule has 1 aromatic rings. The van der Waals surface area contributed by atoms with Crippen LogP contribution in [0.2, 0.25) is 0 Å². The van der Waals surface area contributed by atoms with Gasteiger partial charge in [-0.05, 0) is 49.3 Å². The summed E-state index contributed by atoms with van der Waals surface area (Å²) in [5.74, 6) is 1.12. The van der Waals surface area contributed by atoms with Gasteiger partial charge in [-0.3, -0.25) is 4.79 Å². The molecule has 0 radical (unpaired) electrons. The Bertz CT molecular complexity index is 391. The zero-order chi connectivity index (χ0) is 13.0. The molecule has 98 valence electrons. The Hall–Kier alpha value is -0.960. The third-order valence-electron chi connectivity index (χ3n) is 3.71. The van der Waals surface area contributed by atoms with Gasteiger partial charge in [0.1, 0.15) is 5.78 Å². The van der Waals surface area contributed by atoms with E-state index in [1.54, 1.807) is 11.8 Å². The molecular weight excluding hydrogens is 242 g/mol. The van der Waals surface area contributed by atoms with Crippen LogP contribution in [0.15, 0.2) is 29.2 Å². The number of ketones is 1. The molecule has 0 unspecified atom stereocenters. The summed E-state index contributed by atoms with van der Waals surface area (Å²) in [5, 5.41) is 0. The predicted molar refractivity (Wildman–Crippen MR) is 78.5 cm³/mol. The van der Waals surface area contributed by atoms with Crippen molar-refractivity contribution in [2.24, 2.45) is 5.92 Å². The molecule has 2 rings (SSSR count). The number of hydrogen-bond donors (Lipinski definition) is 0. The van der Waals surface area contributed by atoms with E-state index in [9.17, 15) is 4.79 Å². The van der Waals surface area contributed by atoms with Gasteiger partial charge in [0.2, 0.25) is 0 Å². The second kappa shape index (κ2) is 6.28. The molecule has 2 nitrogen and oxygen atoms in total. The topological polar surface area (TPSA) is 20.3 Å². The number of benzene rings is 1. The largest absolute Gasteiger partial charge is 0.374 e. The minimum absolute atomic E-state index is 0.443.